The van der Waals surface area contributed by atoms with Gasteiger partial charge in [0, 0.05) is 17.1 Å². The van der Waals surface area contributed by atoms with Crippen molar-refractivity contribution in [3.05, 3.63) is 5.89 Å². The minimum Gasteiger partial charge on any atom is -0.546 e. The van der Waals surface area contributed by atoms with Gasteiger partial charge in [-0.25, -0.2) is 0 Å². The predicted octanol–water partition coefficient (Wildman–Crippen LogP) is 0.758. The zero-order valence-electron chi connectivity index (χ0n) is 2.79. The van der Waals surface area contributed by atoms with Gasteiger partial charge < -0.3 is 10.5 Å². The summed E-state index contributed by atoms with van der Waals surface area (Å²) >= 11 is 0. The average Bonchev–Trinajstić information content (AvgIpc) is 1.37. The standard InChI is InChI=1S/Fe.H3NOP/c;1-2-3/h;1H,3H2/q;-1/i;1T. The van der Waals surface area contributed by atoms with Gasteiger partial charge >= 0.3 is 0 Å². The van der Waals surface area contributed by atoms with Gasteiger partial charge in [-0.2, -0.15) is 0 Å². The van der Waals surface area contributed by atoms with E-state index in [1.54, 1.807) is 9.47 Å². The van der Waals surface area contributed by atoms with Crippen LogP contribution in [0.5, 0.6) is 0 Å². The molecule has 0 radical (unpaired) electrons. The molecule has 0 bridgehead atoms. The van der Waals surface area contributed by atoms with Crippen molar-refractivity contribution in [1.82, 2.24) is 0 Å². The minimum absolute atomic E-state index is 0. The van der Waals surface area contributed by atoms with Gasteiger partial charge in [-0.1, -0.05) is 0 Å². The van der Waals surface area contributed by atoms with Crippen molar-refractivity contribution in [2.45, 2.75) is 0 Å². The van der Waals surface area contributed by atoms with Crippen molar-refractivity contribution in [3.8, 4) is 0 Å². The first-order valence-corrected chi connectivity index (χ1v) is 0.890. The van der Waals surface area contributed by atoms with Crippen molar-refractivity contribution in [2.24, 2.45) is 0 Å². The van der Waals surface area contributed by atoms with E-state index in [1.807, 2.05) is 0 Å². The van der Waals surface area contributed by atoms with E-state index in [1.165, 1.54) is 0 Å². The maximum Gasteiger partial charge on any atom is 0 e. The molecular weight excluding hydrogens is 117 g/mol. The Hall–Kier alpha value is 0.869. The molecule has 2 nitrogen and oxygen atoms in total. The molecule has 0 fully saturated rings. The summed E-state index contributed by atoms with van der Waals surface area (Å²) in [6.45, 7) is 0. The summed E-state index contributed by atoms with van der Waals surface area (Å²) < 4.78 is 9.58. The third-order valence-corrected chi connectivity index (χ3v) is 0. The average molecular weight is 122 g/mol. The summed E-state index contributed by atoms with van der Waals surface area (Å²) in [5.41, 5.74) is 0. The summed E-state index contributed by atoms with van der Waals surface area (Å²) in [7, 11) is 1.80. The monoisotopic (exact) mass is 122 g/mol. The molecule has 0 aromatic heterocycles. The van der Waals surface area contributed by atoms with Crippen LogP contribution in [0.4, 0.5) is 0 Å². The maximum absolute atomic E-state index is 5.83. The van der Waals surface area contributed by atoms with Crippen molar-refractivity contribution in [2.75, 3.05) is 0 Å². The molecule has 0 heterocycles. The summed E-state index contributed by atoms with van der Waals surface area (Å²) in [6, 6.07) is 0. The molecule has 0 amide bonds. The molecule has 28 valence electrons. The second kappa shape index (κ2) is 9.12. The van der Waals surface area contributed by atoms with E-state index in [4.69, 9.17) is 1.41 Å². The summed E-state index contributed by atoms with van der Waals surface area (Å²) in [5, 5.41) is 0. The third kappa shape index (κ3) is 13.3. The summed E-state index contributed by atoms with van der Waals surface area (Å²) in [4.78, 5) is 0. The molecule has 0 aliphatic rings. The number of hydrogen-bond acceptors (Lipinski definition) is 1. The fourth-order valence-corrected chi connectivity index (χ4v) is 0. The van der Waals surface area contributed by atoms with Crippen LogP contribution >= 0.6 is 9.47 Å². The van der Waals surface area contributed by atoms with Crippen LogP contribution in [0.1, 0.15) is 0 Å². The Morgan fingerprint density at radius 2 is 2.50 bits per heavy atom. The Morgan fingerprint density at radius 3 is 2.50 bits per heavy atom. The fourth-order valence-electron chi connectivity index (χ4n) is 0. The minimum atomic E-state index is 0. The maximum atomic E-state index is 5.83. The molecule has 0 rings (SSSR count). The Labute approximate surface area is 39.3 Å². The van der Waals surface area contributed by atoms with Gasteiger partial charge in [-0.15, -0.1) is 1.41 Å². The first kappa shape index (κ1) is 4.87. The van der Waals surface area contributed by atoms with Crippen LogP contribution in [0.2, 0.25) is 1.41 Å². The predicted molar refractivity (Wildman–Crippen MR) is 15.1 cm³/mol. The van der Waals surface area contributed by atoms with Gasteiger partial charge in [-0.3, -0.25) is 0 Å². The number of nitrogens with one attached hydrogen (secondary N) is 1. The van der Waals surface area contributed by atoms with Crippen LogP contribution in [-0.4, -0.2) is 0 Å². The molecule has 0 spiro atoms. The van der Waals surface area contributed by atoms with E-state index in [-0.39, 0.29) is 17.1 Å². The zero-order valence-corrected chi connectivity index (χ0v) is 4.05. The van der Waals surface area contributed by atoms with E-state index in [2.05, 4.69) is 10.5 Å². The van der Waals surface area contributed by atoms with Crippen LogP contribution in [-0.2, 0) is 21.7 Å². The van der Waals surface area contributed by atoms with Gasteiger partial charge in [0.25, 0.3) is 0 Å². The Morgan fingerprint density at radius 1 is 2.25 bits per heavy atom. The fraction of sp³-hybridized carbons (Fsp3) is 0. The Kier molecular flexibility index (Phi) is 11.1. The van der Waals surface area contributed by atoms with Crippen LogP contribution in [0.15, 0.2) is 0 Å². The normalized spacial score (nSPS) is 7.75. The van der Waals surface area contributed by atoms with Gasteiger partial charge in [0.2, 0.25) is 0 Å². The molecule has 0 aliphatic carbocycles. The summed E-state index contributed by atoms with van der Waals surface area (Å²) in [6.07, 6.45) is 0. The van der Waals surface area contributed by atoms with Crippen molar-refractivity contribution in [1.29, 1.82) is 0 Å². The van der Waals surface area contributed by atoms with E-state index in [0.29, 0.717) is 0 Å². The number of hydrogen-bond donors (Lipinski definition) is 0. The zero-order chi connectivity index (χ0) is 3.41. The molecule has 0 saturated heterocycles. The van der Waals surface area contributed by atoms with Crippen LogP contribution in [0.3, 0.4) is 0 Å². The SMILES string of the molecule is [3H][N-]OP.[Fe]. The van der Waals surface area contributed by atoms with Crippen molar-refractivity contribution >= 4 is 9.47 Å². The summed E-state index contributed by atoms with van der Waals surface area (Å²) in [5.74, 6) is 2.45. The third-order valence-electron chi connectivity index (χ3n) is 0. The topological polar surface area (TPSA) is 33.0 Å². The number of rotatable bonds is 1. The molecule has 4 heteroatoms. The quantitative estimate of drug-likeness (QED) is 0.287. The second-order valence-electron chi connectivity index (χ2n) is 0.105. The molecule has 4 heavy (non-hydrogen) atoms. The van der Waals surface area contributed by atoms with E-state index < -0.39 is 0 Å². The van der Waals surface area contributed by atoms with Gasteiger partial charge in [-0.05, 0) is 9.47 Å². The Balaban J connectivity index is 0. The molecule has 0 aliphatic heterocycles. The van der Waals surface area contributed by atoms with Gasteiger partial charge in [0.1, 0.15) is 0 Å². The van der Waals surface area contributed by atoms with Gasteiger partial charge in [0.15, 0.2) is 0 Å². The van der Waals surface area contributed by atoms with E-state index in [9.17, 15) is 0 Å². The van der Waals surface area contributed by atoms with Crippen LogP contribution in [0.25, 0.3) is 5.89 Å². The Bertz CT molecular complexity index is 13.6. The molecular formula is H3FeNOP-. The van der Waals surface area contributed by atoms with E-state index in [0.717, 1.165) is 0 Å². The molecule has 1 unspecified atom stereocenters. The molecule has 1 atom stereocenters. The second-order valence-corrected chi connectivity index (χ2v) is 0.316. The van der Waals surface area contributed by atoms with E-state index >= 15 is 0 Å². The van der Waals surface area contributed by atoms with Crippen LogP contribution in [0, 0.1) is 0 Å². The molecule has 0 aromatic rings. The smallest absolute Gasteiger partial charge is 0 e. The van der Waals surface area contributed by atoms with Crippen LogP contribution < -0.4 is 0 Å². The molecule has 1 N–H and O–H groups in total. The van der Waals surface area contributed by atoms with Gasteiger partial charge in [0.05, 0.1) is 0 Å². The first-order chi connectivity index (χ1) is 1.91. The molecule has 0 saturated carbocycles. The first-order valence-electron chi connectivity index (χ1n) is 0.865. The largest absolute Gasteiger partial charge is 0.546 e. The van der Waals surface area contributed by atoms with Crippen molar-refractivity contribution in [3.63, 3.8) is 0 Å². The molecule has 0 aromatic carbocycles. The van der Waals surface area contributed by atoms with Crippen molar-refractivity contribution < 1.29 is 23.1 Å².